The van der Waals surface area contributed by atoms with Gasteiger partial charge in [-0.2, -0.15) is 0 Å². The van der Waals surface area contributed by atoms with Crippen molar-refractivity contribution in [1.29, 1.82) is 0 Å². The predicted molar refractivity (Wildman–Crippen MR) is 76.2 cm³/mol. The maximum atomic E-state index is 13.7. The molecule has 0 aliphatic heterocycles. The summed E-state index contributed by atoms with van der Waals surface area (Å²) in [4.78, 5) is 11.8. The van der Waals surface area contributed by atoms with Gasteiger partial charge in [0.05, 0.1) is 6.42 Å². The van der Waals surface area contributed by atoms with Crippen molar-refractivity contribution in [3.63, 3.8) is 0 Å². The van der Waals surface area contributed by atoms with Crippen molar-refractivity contribution in [2.75, 3.05) is 0 Å². The average Bonchev–Trinajstić information content (AvgIpc) is 2.48. The Morgan fingerprint density at radius 1 is 1.05 bits per heavy atom. The third kappa shape index (κ3) is 4.10. The summed E-state index contributed by atoms with van der Waals surface area (Å²) in [7, 11) is 0. The summed E-state index contributed by atoms with van der Waals surface area (Å²) >= 11 is 0. The van der Waals surface area contributed by atoms with Crippen molar-refractivity contribution < 1.29 is 13.6 Å². The Labute approximate surface area is 121 Å². The topological polar surface area (TPSA) is 55.1 Å². The number of carbonyl (C=O) groups excluding carboxylic acids is 1. The summed E-state index contributed by atoms with van der Waals surface area (Å²) in [5.41, 5.74) is 6.79. The van der Waals surface area contributed by atoms with Gasteiger partial charge in [0.2, 0.25) is 5.91 Å². The molecule has 0 aliphatic carbocycles. The van der Waals surface area contributed by atoms with Gasteiger partial charge in [-0.15, -0.1) is 0 Å². The monoisotopic (exact) mass is 290 g/mol. The zero-order valence-corrected chi connectivity index (χ0v) is 11.4. The molecule has 3 N–H and O–H groups in total. The van der Waals surface area contributed by atoms with E-state index in [0.29, 0.717) is 16.7 Å². The molecular weight excluding hydrogens is 274 g/mol. The van der Waals surface area contributed by atoms with Gasteiger partial charge in [-0.1, -0.05) is 30.3 Å². The highest BCUT2D eigenvalue weighted by molar-refractivity contribution is 5.78. The fourth-order valence-corrected chi connectivity index (χ4v) is 1.93. The van der Waals surface area contributed by atoms with Crippen LogP contribution in [0.3, 0.4) is 0 Å². The summed E-state index contributed by atoms with van der Waals surface area (Å²) in [6.07, 6.45) is -0.0742. The van der Waals surface area contributed by atoms with Gasteiger partial charge in [-0.25, -0.2) is 8.78 Å². The van der Waals surface area contributed by atoms with Crippen molar-refractivity contribution in [2.24, 2.45) is 5.73 Å². The molecule has 0 aliphatic rings. The highest BCUT2D eigenvalue weighted by atomic mass is 19.1. The quantitative estimate of drug-likeness (QED) is 0.887. The van der Waals surface area contributed by atoms with E-state index in [1.807, 2.05) is 0 Å². The van der Waals surface area contributed by atoms with Crippen LogP contribution in [0.25, 0.3) is 0 Å². The molecule has 0 saturated carbocycles. The second kappa shape index (κ2) is 6.95. The summed E-state index contributed by atoms with van der Waals surface area (Å²) in [6, 6.07) is 10.7. The normalized spacial score (nSPS) is 10.4. The minimum atomic E-state index is -0.425. The number of benzene rings is 2. The standard InChI is InChI=1S/C16H16F2N2O/c17-14-4-2-1-3-12(14)8-16(21)20-10-13-6-5-11(9-19)7-15(13)18/h1-7H,8-10,19H2,(H,20,21). The van der Waals surface area contributed by atoms with Crippen LogP contribution in [0.2, 0.25) is 0 Å². The molecule has 0 unspecified atom stereocenters. The molecule has 0 atom stereocenters. The number of hydrogen-bond acceptors (Lipinski definition) is 2. The number of rotatable bonds is 5. The minimum Gasteiger partial charge on any atom is -0.352 e. The van der Waals surface area contributed by atoms with E-state index in [-0.39, 0.29) is 25.4 Å². The third-order valence-corrected chi connectivity index (χ3v) is 3.14. The van der Waals surface area contributed by atoms with Gasteiger partial charge >= 0.3 is 0 Å². The number of carbonyl (C=O) groups is 1. The molecule has 0 bridgehead atoms. The highest BCUT2D eigenvalue weighted by Crippen LogP contribution is 2.11. The van der Waals surface area contributed by atoms with Crippen molar-refractivity contribution in [1.82, 2.24) is 5.32 Å². The van der Waals surface area contributed by atoms with Crippen LogP contribution in [0.5, 0.6) is 0 Å². The van der Waals surface area contributed by atoms with Crippen molar-refractivity contribution in [3.8, 4) is 0 Å². The molecule has 0 fully saturated rings. The lowest BCUT2D eigenvalue weighted by Crippen LogP contribution is -2.25. The van der Waals surface area contributed by atoms with Crippen molar-refractivity contribution in [3.05, 3.63) is 70.8 Å². The van der Waals surface area contributed by atoms with Gasteiger partial charge < -0.3 is 11.1 Å². The molecule has 2 aromatic rings. The van der Waals surface area contributed by atoms with Gasteiger partial charge in [-0.05, 0) is 23.3 Å². The van der Waals surface area contributed by atoms with Gasteiger partial charge in [0.25, 0.3) is 0 Å². The van der Waals surface area contributed by atoms with E-state index in [1.54, 1.807) is 30.3 Å². The predicted octanol–water partition coefficient (Wildman–Crippen LogP) is 2.28. The highest BCUT2D eigenvalue weighted by Gasteiger charge is 2.09. The Morgan fingerprint density at radius 2 is 1.81 bits per heavy atom. The molecule has 2 rings (SSSR count). The molecule has 3 nitrogen and oxygen atoms in total. The van der Waals surface area contributed by atoms with E-state index in [1.165, 1.54) is 12.1 Å². The van der Waals surface area contributed by atoms with Crippen LogP contribution in [0.4, 0.5) is 8.78 Å². The van der Waals surface area contributed by atoms with Crippen LogP contribution in [0.15, 0.2) is 42.5 Å². The molecule has 1 amide bonds. The van der Waals surface area contributed by atoms with Crippen LogP contribution < -0.4 is 11.1 Å². The van der Waals surface area contributed by atoms with Crippen LogP contribution in [-0.4, -0.2) is 5.91 Å². The van der Waals surface area contributed by atoms with Gasteiger partial charge in [-0.3, -0.25) is 4.79 Å². The molecule has 0 aromatic heterocycles. The maximum Gasteiger partial charge on any atom is 0.224 e. The Kier molecular flexibility index (Phi) is 5.00. The van der Waals surface area contributed by atoms with Crippen LogP contribution in [-0.2, 0) is 24.3 Å². The molecule has 0 radical (unpaired) electrons. The molecular formula is C16H16F2N2O. The second-order valence-electron chi connectivity index (χ2n) is 4.67. The van der Waals surface area contributed by atoms with Gasteiger partial charge in [0, 0.05) is 18.7 Å². The fourth-order valence-electron chi connectivity index (χ4n) is 1.93. The number of amides is 1. The average molecular weight is 290 g/mol. The molecule has 5 heteroatoms. The summed E-state index contributed by atoms with van der Waals surface area (Å²) < 4.78 is 27.1. The van der Waals surface area contributed by atoms with Gasteiger partial charge in [0.1, 0.15) is 11.6 Å². The first-order valence-electron chi connectivity index (χ1n) is 6.57. The smallest absolute Gasteiger partial charge is 0.224 e. The molecule has 21 heavy (non-hydrogen) atoms. The Balaban J connectivity index is 1.94. The fraction of sp³-hybridized carbons (Fsp3) is 0.188. The zero-order chi connectivity index (χ0) is 15.2. The van der Waals surface area contributed by atoms with Crippen LogP contribution in [0.1, 0.15) is 16.7 Å². The summed E-state index contributed by atoms with van der Waals surface area (Å²) in [5, 5.41) is 2.58. The second-order valence-corrected chi connectivity index (χ2v) is 4.67. The van der Waals surface area contributed by atoms with E-state index in [4.69, 9.17) is 5.73 Å². The first-order valence-corrected chi connectivity index (χ1v) is 6.57. The molecule has 0 saturated heterocycles. The van der Waals surface area contributed by atoms with E-state index < -0.39 is 11.6 Å². The molecule has 0 heterocycles. The molecule has 2 aromatic carbocycles. The largest absolute Gasteiger partial charge is 0.352 e. The van der Waals surface area contributed by atoms with Gasteiger partial charge in [0.15, 0.2) is 0 Å². The van der Waals surface area contributed by atoms with E-state index >= 15 is 0 Å². The lowest BCUT2D eigenvalue weighted by Gasteiger charge is -2.08. The number of nitrogens with one attached hydrogen (secondary N) is 1. The minimum absolute atomic E-state index is 0.0595. The summed E-state index contributed by atoms with van der Waals surface area (Å²) in [6.45, 7) is 0.320. The molecule has 0 spiro atoms. The third-order valence-electron chi connectivity index (χ3n) is 3.14. The zero-order valence-electron chi connectivity index (χ0n) is 11.4. The first-order chi connectivity index (χ1) is 10.1. The maximum absolute atomic E-state index is 13.7. The summed E-state index contributed by atoms with van der Waals surface area (Å²) in [5.74, 6) is -1.20. The lowest BCUT2D eigenvalue weighted by molar-refractivity contribution is -0.120. The van der Waals surface area contributed by atoms with Crippen molar-refractivity contribution in [2.45, 2.75) is 19.5 Å². The van der Waals surface area contributed by atoms with Crippen molar-refractivity contribution >= 4 is 5.91 Å². The Morgan fingerprint density at radius 3 is 2.48 bits per heavy atom. The van der Waals surface area contributed by atoms with Crippen LogP contribution >= 0.6 is 0 Å². The van der Waals surface area contributed by atoms with E-state index in [9.17, 15) is 13.6 Å². The SMILES string of the molecule is NCc1ccc(CNC(=O)Cc2ccccc2F)c(F)c1. The first kappa shape index (κ1) is 15.1. The Hall–Kier alpha value is -2.27. The lowest BCUT2D eigenvalue weighted by atomic mass is 10.1. The van der Waals surface area contributed by atoms with E-state index in [2.05, 4.69) is 5.32 Å². The number of nitrogens with two attached hydrogens (primary N) is 1. The molecule has 110 valence electrons. The van der Waals surface area contributed by atoms with E-state index in [0.717, 1.165) is 0 Å². The number of halogens is 2. The van der Waals surface area contributed by atoms with Crippen LogP contribution in [0, 0.1) is 11.6 Å². The number of hydrogen-bond donors (Lipinski definition) is 2. The Bertz CT molecular complexity index is 644.